The molecule has 3 aromatic heterocycles. The highest BCUT2D eigenvalue weighted by atomic mass is 16.2. The molecule has 2 amide bonds. The number of nitrogens with one attached hydrogen (secondary N) is 1. The van der Waals surface area contributed by atoms with Crippen LogP contribution in [0.25, 0.3) is 5.65 Å². The second-order valence-corrected chi connectivity index (χ2v) is 6.25. The van der Waals surface area contributed by atoms with Crippen molar-refractivity contribution in [2.45, 2.75) is 12.8 Å². The van der Waals surface area contributed by atoms with Crippen molar-refractivity contribution in [2.24, 2.45) is 5.92 Å². The third-order valence-corrected chi connectivity index (χ3v) is 4.61. The molecule has 1 N–H and O–H groups in total. The van der Waals surface area contributed by atoms with Crippen LogP contribution in [-0.2, 0) is 4.79 Å². The maximum Gasteiger partial charge on any atom is 0.255 e. The molecule has 0 bridgehead atoms. The van der Waals surface area contributed by atoms with Crippen LogP contribution in [0.3, 0.4) is 0 Å². The highest BCUT2D eigenvalue weighted by molar-refractivity contribution is 5.94. The van der Waals surface area contributed by atoms with E-state index in [9.17, 15) is 9.59 Å². The molecule has 1 aliphatic heterocycles. The predicted octanol–water partition coefficient (Wildman–Crippen LogP) is 1.62. The number of fused-ring (bicyclic) bond motifs is 1. The van der Waals surface area contributed by atoms with Gasteiger partial charge in [-0.1, -0.05) is 6.07 Å². The molecule has 0 atom stereocenters. The summed E-state index contributed by atoms with van der Waals surface area (Å²) >= 11 is 0. The van der Waals surface area contributed by atoms with Gasteiger partial charge in [-0.05, 0) is 37.1 Å². The molecule has 0 aromatic carbocycles. The standard InChI is InChI=1S/C18H18N6O2/c25-16(20-18-22-21-15-5-1-2-9-24(15)18)13-6-10-23(11-7-13)17(26)14-4-3-8-19-12-14/h1-5,8-9,12-13H,6-7,10-11H2,(H,20,22,25). The molecule has 3 aromatic rings. The Morgan fingerprint density at radius 3 is 2.69 bits per heavy atom. The Labute approximate surface area is 149 Å². The van der Waals surface area contributed by atoms with Crippen LogP contribution in [0.2, 0.25) is 0 Å². The lowest BCUT2D eigenvalue weighted by molar-refractivity contribution is -0.121. The summed E-state index contributed by atoms with van der Waals surface area (Å²) in [6.45, 7) is 1.10. The summed E-state index contributed by atoms with van der Waals surface area (Å²) in [5, 5.41) is 10.9. The maximum atomic E-state index is 12.5. The Balaban J connectivity index is 1.37. The number of piperidine rings is 1. The van der Waals surface area contributed by atoms with Gasteiger partial charge in [-0.3, -0.25) is 24.3 Å². The second-order valence-electron chi connectivity index (χ2n) is 6.25. The largest absolute Gasteiger partial charge is 0.339 e. The summed E-state index contributed by atoms with van der Waals surface area (Å²) in [4.78, 5) is 30.7. The van der Waals surface area contributed by atoms with Gasteiger partial charge in [0.15, 0.2) is 5.65 Å². The average molecular weight is 350 g/mol. The van der Waals surface area contributed by atoms with Crippen molar-refractivity contribution in [3.63, 3.8) is 0 Å². The van der Waals surface area contributed by atoms with Gasteiger partial charge in [0.2, 0.25) is 11.9 Å². The third kappa shape index (κ3) is 3.13. The minimum atomic E-state index is -0.149. The molecule has 0 radical (unpaired) electrons. The highest BCUT2D eigenvalue weighted by Gasteiger charge is 2.28. The van der Waals surface area contributed by atoms with Crippen LogP contribution in [-0.4, -0.2) is 49.4 Å². The lowest BCUT2D eigenvalue weighted by Gasteiger charge is -2.31. The predicted molar refractivity (Wildman–Crippen MR) is 94.5 cm³/mol. The van der Waals surface area contributed by atoms with Gasteiger partial charge in [-0.2, -0.15) is 0 Å². The molecule has 0 aliphatic carbocycles. The SMILES string of the molecule is O=C(Nc1nnc2ccccn12)C1CCN(C(=O)c2cccnc2)CC1. The van der Waals surface area contributed by atoms with Crippen LogP contribution < -0.4 is 5.32 Å². The van der Waals surface area contributed by atoms with E-state index in [1.54, 1.807) is 40.0 Å². The van der Waals surface area contributed by atoms with E-state index in [1.165, 1.54) is 0 Å². The molecule has 0 saturated carbocycles. The van der Waals surface area contributed by atoms with Crippen molar-refractivity contribution in [3.8, 4) is 0 Å². The zero-order chi connectivity index (χ0) is 17.9. The Bertz CT molecular complexity index is 931. The Morgan fingerprint density at radius 1 is 1.08 bits per heavy atom. The number of carbonyl (C=O) groups is 2. The number of amides is 2. The Hall–Kier alpha value is -3.29. The van der Waals surface area contributed by atoms with E-state index in [2.05, 4.69) is 20.5 Å². The van der Waals surface area contributed by atoms with Crippen LogP contribution in [0.5, 0.6) is 0 Å². The minimum absolute atomic E-state index is 0.0413. The van der Waals surface area contributed by atoms with Gasteiger partial charge in [0.1, 0.15) is 0 Å². The number of aromatic nitrogens is 4. The summed E-state index contributed by atoms with van der Waals surface area (Å²) in [6, 6.07) is 9.05. The first-order chi connectivity index (χ1) is 12.7. The molecule has 132 valence electrons. The summed E-state index contributed by atoms with van der Waals surface area (Å²) in [7, 11) is 0. The number of anilines is 1. The first-order valence-electron chi connectivity index (χ1n) is 8.52. The van der Waals surface area contributed by atoms with Gasteiger partial charge in [-0.15, -0.1) is 10.2 Å². The van der Waals surface area contributed by atoms with Crippen LogP contribution in [0.15, 0.2) is 48.9 Å². The number of pyridine rings is 2. The number of nitrogens with zero attached hydrogens (tertiary/aromatic N) is 5. The Morgan fingerprint density at radius 2 is 1.92 bits per heavy atom. The molecule has 1 saturated heterocycles. The third-order valence-electron chi connectivity index (χ3n) is 4.61. The topological polar surface area (TPSA) is 92.5 Å². The fourth-order valence-electron chi connectivity index (χ4n) is 3.16. The molecule has 1 aliphatic rings. The molecule has 0 unspecified atom stereocenters. The highest BCUT2D eigenvalue weighted by Crippen LogP contribution is 2.20. The van der Waals surface area contributed by atoms with Gasteiger partial charge < -0.3 is 4.90 Å². The second kappa shape index (κ2) is 6.91. The van der Waals surface area contributed by atoms with Crippen molar-refractivity contribution in [2.75, 3.05) is 18.4 Å². The summed E-state index contributed by atoms with van der Waals surface area (Å²) < 4.78 is 1.74. The van der Waals surface area contributed by atoms with Gasteiger partial charge in [-0.25, -0.2) is 0 Å². The first-order valence-corrected chi connectivity index (χ1v) is 8.52. The lowest BCUT2D eigenvalue weighted by atomic mass is 9.95. The van der Waals surface area contributed by atoms with Crippen molar-refractivity contribution >= 4 is 23.4 Å². The van der Waals surface area contributed by atoms with E-state index in [4.69, 9.17) is 0 Å². The summed E-state index contributed by atoms with van der Waals surface area (Å²) in [5.74, 6) is 0.139. The van der Waals surface area contributed by atoms with Crippen molar-refractivity contribution < 1.29 is 9.59 Å². The van der Waals surface area contributed by atoms with Crippen LogP contribution in [0.1, 0.15) is 23.2 Å². The average Bonchev–Trinajstić information content (AvgIpc) is 3.11. The smallest absolute Gasteiger partial charge is 0.255 e. The molecule has 4 rings (SSSR count). The normalized spacial score (nSPS) is 15.2. The molecule has 26 heavy (non-hydrogen) atoms. The van der Waals surface area contributed by atoms with E-state index in [0.717, 1.165) is 0 Å². The molecule has 8 nitrogen and oxygen atoms in total. The van der Waals surface area contributed by atoms with Crippen LogP contribution in [0.4, 0.5) is 5.95 Å². The van der Waals surface area contributed by atoms with Gasteiger partial charge in [0, 0.05) is 37.6 Å². The molecule has 4 heterocycles. The molecule has 1 fully saturated rings. The zero-order valence-corrected chi connectivity index (χ0v) is 14.1. The first kappa shape index (κ1) is 16.2. The fourth-order valence-corrected chi connectivity index (χ4v) is 3.16. The number of rotatable bonds is 3. The van der Waals surface area contributed by atoms with E-state index in [-0.39, 0.29) is 17.7 Å². The number of likely N-dealkylation sites (tertiary alicyclic amines) is 1. The van der Waals surface area contributed by atoms with E-state index >= 15 is 0 Å². The monoisotopic (exact) mass is 350 g/mol. The van der Waals surface area contributed by atoms with Gasteiger partial charge in [0.05, 0.1) is 5.56 Å². The van der Waals surface area contributed by atoms with Crippen molar-refractivity contribution in [1.82, 2.24) is 24.5 Å². The Kier molecular flexibility index (Phi) is 4.30. The fraction of sp³-hybridized carbons (Fsp3) is 0.278. The minimum Gasteiger partial charge on any atom is -0.339 e. The van der Waals surface area contributed by atoms with Gasteiger partial charge in [0.25, 0.3) is 5.91 Å². The molecule has 8 heteroatoms. The zero-order valence-electron chi connectivity index (χ0n) is 14.1. The summed E-state index contributed by atoms with van der Waals surface area (Å²) in [5.41, 5.74) is 1.25. The number of hydrogen-bond acceptors (Lipinski definition) is 5. The van der Waals surface area contributed by atoms with Gasteiger partial charge >= 0.3 is 0 Å². The van der Waals surface area contributed by atoms with Crippen LogP contribution >= 0.6 is 0 Å². The van der Waals surface area contributed by atoms with E-state index in [1.807, 2.05) is 18.2 Å². The number of hydrogen-bond donors (Lipinski definition) is 1. The molecular formula is C18H18N6O2. The van der Waals surface area contributed by atoms with Crippen molar-refractivity contribution in [3.05, 3.63) is 54.5 Å². The van der Waals surface area contributed by atoms with Crippen molar-refractivity contribution in [1.29, 1.82) is 0 Å². The lowest BCUT2D eigenvalue weighted by Crippen LogP contribution is -2.41. The quantitative estimate of drug-likeness (QED) is 0.775. The molecule has 0 spiro atoms. The molecular weight excluding hydrogens is 332 g/mol. The maximum absolute atomic E-state index is 12.5. The van der Waals surface area contributed by atoms with Crippen LogP contribution in [0, 0.1) is 5.92 Å². The summed E-state index contributed by atoms with van der Waals surface area (Å²) in [6.07, 6.45) is 6.25. The number of carbonyl (C=O) groups excluding carboxylic acids is 2. The van der Waals surface area contributed by atoms with E-state index in [0.29, 0.717) is 43.1 Å². The van der Waals surface area contributed by atoms with E-state index < -0.39 is 0 Å².